The Hall–Kier alpha value is -2.62. The summed E-state index contributed by atoms with van der Waals surface area (Å²) in [5.41, 5.74) is 1.31. The highest BCUT2D eigenvalue weighted by atomic mass is 16.5. The van der Waals surface area contributed by atoms with E-state index in [-0.39, 0.29) is 18.3 Å². The largest absolute Gasteiger partial charge is 0.507 e. The van der Waals surface area contributed by atoms with Gasteiger partial charge in [0, 0.05) is 18.7 Å². The molecule has 0 heterocycles. The van der Waals surface area contributed by atoms with E-state index in [0.29, 0.717) is 5.56 Å². The highest BCUT2D eigenvalue weighted by Crippen LogP contribution is 2.21. The molecule has 0 aliphatic carbocycles. The van der Waals surface area contributed by atoms with Crippen LogP contribution in [0.2, 0.25) is 0 Å². The van der Waals surface area contributed by atoms with Crippen molar-refractivity contribution in [2.45, 2.75) is 32.2 Å². The van der Waals surface area contributed by atoms with Gasteiger partial charge in [-0.2, -0.15) is 0 Å². The van der Waals surface area contributed by atoms with Crippen LogP contribution >= 0.6 is 0 Å². The lowest BCUT2D eigenvalue weighted by Crippen LogP contribution is -2.31. The molecule has 126 valence electrons. The number of aryl methyl sites for hydroxylation is 1. The van der Waals surface area contributed by atoms with Crippen LogP contribution in [-0.4, -0.2) is 29.4 Å². The summed E-state index contributed by atoms with van der Waals surface area (Å²) < 4.78 is 5.20. The minimum absolute atomic E-state index is 0.180. The molecular weight excluding hydrogens is 302 g/mol. The van der Waals surface area contributed by atoms with Gasteiger partial charge < -0.3 is 9.84 Å². The number of rotatable bonds is 7. The number of hydrogen-bond acceptors (Lipinski definition) is 4. The fraction of sp³-hybridized carbons (Fsp3) is 0.300. The molecule has 2 rings (SSSR count). The van der Waals surface area contributed by atoms with Gasteiger partial charge in [-0.25, -0.2) is 0 Å². The molecule has 0 aromatic heterocycles. The second-order valence-electron chi connectivity index (χ2n) is 6.08. The molecule has 0 saturated carbocycles. The highest BCUT2D eigenvalue weighted by Gasteiger charge is 2.24. The second-order valence-corrected chi connectivity index (χ2v) is 6.08. The van der Waals surface area contributed by atoms with E-state index in [2.05, 4.69) is 17.1 Å². The molecule has 4 heteroatoms. The van der Waals surface area contributed by atoms with Crippen LogP contribution in [0, 0.1) is 0 Å². The molecule has 1 atom stereocenters. The molecular formula is C20H23NO3. The maximum absolute atomic E-state index is 11.2. The zero-order chi connectivity index (χ0) is 17.4. The maximum atomic E-state index is 11.2. The van der Waals surface area contributed by atoms with Crippen molar-refractivity contribution >= 4 is 12.2 Å². The van der Waals surface area contributed by atoms with E-state index in [4.69, 9.17) is 4.74 Å². The van der Waals surface area contributed by atoms with Crippen LogP contribution in [0.5, 0.6) is 5.75 Å². The number of hydrogen-bond donors (Lipinski definition) is 1. The molecule has 0 radical (unpaired) electrons. The Balaban J connectivity index is 2.13. The minimum Gasteiger partial charge on any atom is -0.507 e. The summed E-state index contributed by atoms with van der Waals surface area (Å²) in [6.07, 6.45) is 3.20. The summed E-state index contributed by atoms with van der Waals surface area (Å²) in [7, 11) is 0. The number of ether oxygens (including phenoxy) is 1. The van der Waals surface area contributed by atoms with E-state index < -0.39 is 5.54 Å². The predicted octanol–water partition coefficient (Wildman–Crippen LogP) is 3.77. The van der Waals surface area contributed by atoms with Crippen molar-refractivity contribution in [2.24, 2.45) is 4.99 Å². The number of carbonyl (C=O) groups is 1. The lowest BCUT2D eigenvalue weighted by Gasteiger charge is -2.24. The van der Waals surface area contributed by atoms with Crippen LogP contribution in [-0.2, 0) is 16.0 Å². The maximum Gasteiger partial charge on any atom is 0.302 e. The molecule has 4 nitrogen and oxygen atoms in total. The summed E-state index contributed by atoms with van der Waals surface area (Å²) in [4.78, 5) is 15.8. The molecule has 0 fully saturated rings. The lowest BCUT2D eigenvalue weighted by molar-refractivity contribution is -0.142. The van der Waals surface area contributed by atoms with Crippen LogP contribution in [0.1, 0.15) is 31.4 Å². The fourth-order valence-electron chi connectivity index (χ4n) is 2.31. The van der Waals surface area contributed by atoms with Gasteiger partial charge in [0.2, 0.25) is 0 Å². The van der Waals surface area contributed by atoms with Crippen molar-refractivity contribution in [1.82, 2.24) is 0 Å². The van der Waals surface area contributed by atoms with Gasteiger partial charge in [-0.3, -0.25) is 9.79 Å². The average molecular weight is 325 g/mol. The molecule has 24 heavy (non-hydrogen) atoms. The monoisotopic (exact) mass is 325 g/mol. The zero-order valence-corrected chi connectivity index (χ0v) is 14.1. The van der Waals surface area contributed by atoms with Crippen LogP contribution in [0.25, 0.3) is 0 Å². The summed E-state index contributed by atoms with van der Waals surface area (Å²) in [5.74, 6) is -0.141. The van der Waals surface area contributed by atoms with Gasteiger partial charge in [0.15, 0.2) is 0 Å². The number of benzene rings is 2. The van der Waals surface area contributed by atoms with Crippen molar-refractivity contribution < 1.29 is 14.6 Å². The number of phenolic OH excluding ortho intramolecular Hbond substituents is 1. The molecule has 0 saturated heterocycles. The standard InChI is InChI=1S/C20H23NO3/c1-16(22)24-15-20(2,13-12-17-8-4-3-5-9-17)21-14-18-10-6-7-11-19(18)23/h3-11,14,23H,12-13,15H2,1-2H3. The second kappa shape index (κ2) is 8.29. The van der Waals surface area contributed by atoms with E-state index in [1.54, 1.807) is 24.4 Å². The van der Waals surface area contributed by atoms with Crippen molar-refractivity contribution in [3.63, 3.8) is 0 Å². The van der Waals surface area contributed by atoms with E-state index in [1.807, 2.05) is 31.2 Å². The van der Waals surface area contributed by atoms with E-state index in [9.17, 15) is 9.90 Å². The Morgan fingerprint density at radius 3 is 2.50 bits per heavy atom. The molecule has 1 N–H and O–H groups in total. The smallest absolute Gasteiger partial charge is 0.302 e. The third-order valence-electron chi connectivity index (χ3n) is 3.83. The zero-order valence-electron chi connectivity index (χ0n) is 14.1. The summed E-state index contributed by atoms with van der Waals surface area (Å²) in [6.45, 7) is 3.55. The van der Waals surface area contributed by atoms with Gasteiger partial charge >= 0.3 is 5.97 Å². The summed E-state index contributed by atoms with van der Waals surface area (Å²) in [5, 5.41) is 9.86. The predicted molar refractivity (Wildman–Crippen MR) is 95.5 cm³/mol. The third-order valence-corrected chi connectivity index (χ3v) is 3.83. The van der Waals surface area contributed by atoms with Gasteiger partial charge in [0.25, 0.3) is 0 Å². The number of phenols is 1. The Morgan fingerprint density at radius 2 is 1.83 bits per heavy atom. The Kier molecular flexibility index (Phi) is 6.13. The number of para-hydroxylation sites is 1. The van der Waals surface area contributed by atoms with Gasteiger partial charge in [-0.15, -0.1) is 0 Å². The first kappa shape index (κ1) is 17.7. The molecule has 2 aromatic carbocycles. The van der Waals surface area contributed by atoms with Crippen LogP contribution < -0.4 is 0 Å². The molecule has 2 aromatic rings. The number of esters is 1. The van der Waals surface area contributed by atoms with E-state index >= 15 is 0 Å². The van der Waals surface area contributed by atoms with Gasteiger partial charge in [0.05, 0.1) is 5.54 Å². The number of aromatic hydroxyl groups is 1. The van der Waals surface area contributed by atoms with Gasteiger partial charge in [-0.1, -0.05) is 42.5 Å². The SMILES string of the molecule is CC(=O)OCC(C)(CCc1ccccc1)N=Cc1ccccc1O. The van der Waals surface area contributed by atoms with Crippen molar-refractivity contribution in [1.29, 1.82) is 0 Å². The molecule has 0 amide bonds. The van der Waals surface area contributed by atoms with Crippen LogP contribution in [0.15, 0.2) is 59.6 Å². The van der Waals surface area contributed by atoms with Crippen molar-refractivity contribution in [2.75, 3.05) is 6.61 Å². The Bertz CT molecular complexity index is 697. The quantitative estimate of drug-likeness (QED) is 0.623. The number of carbonyl (C=O) groups excluding carboxylic acids is 1. The summed E-state index contributed by atoms with van der Waals surface area (Å²) in [6, 6.07) is 17.1. The molecule has 1 unspecified atom stereocenters. The lowest BCUT2D eigenvalue weighted by atomic mass is 9.94. The topological polar surface area (TPSA) is 58.9 Å². The van der Waals surface area contributed by atoms with E-state index in [0.717, 1.165) is 12.8 Å². The Morgan fingerprint density at radius 1 is 1.17 bits per heavy atom. The molecule has 0 aliphatic heterocycles. The van der Waals surface area contributed by atoms with Crippen molar-refractivity contribution in [3.05, 3.63) is 65.7 Å². The third kappa shape index (κ3) is 5.54. The molecule has 0 aliphatic rings. The molecule has 0 bridgehead atoms. The molecule has 0 spiro atoms. The van der Waals surface area contributed by atoms with Gasteiger partial charge in [0.1, 0.15) is 12.4 Å². The van der Waals surface area contributed by atoms with E-state index in [1.165, 1.54) is 12.5 Å². The first-order chi connectivity index (χ1) is 11.5. The fourth-order valence-corrected chi connectivity index (χ4v) is 2.31. The first-order valence-corrected chi connectivity index (χ1v) is 7.99. The normalized spacial score (nSPS) is 13.6. The first-order valence-electron chi connectivity index (χ1n) is 7.99. The summed E-state index contributed by atoms with van der Waals surface area (Å²) >= 11 is 0. The van der Waals surface area contributed by atoms with Crippen molar-refractivity contribution in [3.8, 4) is 5.75 Å². The highest BCUT2D eigenvalue weighted by molar-refractivity contribution is 5.83. The number of nitrogens with zero attached hydrogens (tertiary/aromatic N) is 1. The van der Waals surface area contributed by atoms with Crippen LogP contribution in [0.4, 0.5) is 0 Å². The minimum atomic E-state index is -0.552. The van der Waals surface area contributed by atoms with Gasteiger partial charge in [-0.05, 0) is 37.5 Å². The average Bonchev–Trinajstić information content (AvgIpc) is 2.59. The Labute approximate surface area is 142 Å². The van der Waals surface area contributed by atoms with Crippen LogP contribution in [0.3, 0.4) is 0 Å². The number of aliphatic imine (C=N–C) groups is 1.